The number of hydrogen-bond acceptors (Lipinski definition) is 5. The number of hydrogen-bond donors (Lipinski definition) is 1. The van der Waals surface area contributed by atoms with Crippen molar-refractivity contribution in [2.24, 2.45) is 0 Å². The average Bonchev–Trinajstić information content (AvgIpc) is 3.32. The Bertz CT molecular complexity index is 762. The van der Waals surface area contributed by atoms with Gasteiger partial charge in [-0.05, 0) is 36.6 Å². The van der Waals surface area contributed by atoms with Crippen molar-refractivity contribution in [2.75, 3.05) is 6.54 Å². The molecule has 124 valence electrons. The maximum atomic E-state index is 11.8. The van der Waals surface area contributed by atoms with E-state index in [1.165, 1.54) is 18.2 Å². The average molecular weight is 327 g/mol. The molecule has 8 heteroatoms. The molecule has 1 aliphatic rings. The molecule has 1 fully saturated rings. The fourth-order valence-electron chi connectivity index (χ4n) is 2.33. The third-order valence-electron chi connectivity index (χ3n) is 3.77. The van der Waals surface area contributed by atoms with Gasteiger partial charge in [-0.3, -0.25) is 14.9 Å². The van der Waals surface area contributed by atoms with Gasteiger partial charge in [-0.15, -0.1) is 10.2 Å². The first-order valence-corrected chi connectivity index (χ1v) is 7.71. The zero-order valence-corrected chi connectivity index (χ0v) is 13.0. The molecule has 0 radical (unpaired) electrons. The molecule has 0 atom stereocenters. The molecule has 3 rings (SSSR count). The number of carbonyl (C=O) groups is 1. The van der Waals surface area contributed by atoms with Gasteiger partial charge in [0.15, 0.2) is 0 Å². The van der Waals surface area contributed by atoms with E-state index in [-0.39, 0.29) is 11.6 Å². The van der Waals surface area contributed by atoms with E-state index in [2.05, 4.69) is 15.5 Å². The van der Waals surface area contributed by atoms with E-state index in [1.807, 2.05) is 4.57 Å². The van der Waals surface area contributed by atoms with Crippen LogP contribution in [-0.4, -0.2) is 32.1 Å². The normalized spacial score (nSPS) is 14.0. The highest BCUT2D eigenvalue weighted by molar-refractivity contribution is 5.91. The van der Waals surface area contributed by atoms with Gasteiger partial charge in [0.25, 0.3) is 5.69 Å². The third-order valence-corrected chi connectivity index (χ3v) is 3.77. The fraction of sp³-hybridized carbons (Fsp3) is 0.312. The lowest BCUT2D eigenvalue weighted by atomic mass is 10.2. The Morgan fingerprint density at radius 2 is 2.12 bits per heavy atom. The number of nitro groups is 1. The summed E-state index contributed by atoms with van der Waals surface area (Å²) in [6.45, 7) is 1.12. The molecular formula is C16H17N5O3. The summed E-state index contributed by atoms with van der Waals surface area (Å²) in [4.78, 5) is 21.9. The van der Waals surface area contributed by atoms with Gasteiger partial charge >= 0.3 is 0 Å². The van der Waals surface area contributed by atoms with E-state index in [0.29, 0.717) is 19.0 Å². The maximum absolute atomic E-state index is 11.8. The Morgan fingerprint density at radius 1 is 1.38 bits per heavy atom. The maximum Gasteiger partial charge on any atom is 0.269 e. The summed E-state index contributed by atoms with van der Waals surface area (Å²) in [6.07, 6.45) is 7.03. The minimum absolute atomic E-state index is 0.0250. The third kappa shape index (κ3) is 4.03. The van der Waals surface area contributed by atoms with Crippen LogP contribution in [0.5, 0.6) is 0 Å². The van der Waals surface area contributed by atoms with Crippen molar-refractivity contribution in [3.63, 3.8) is 0 Å². The molecule has 1 aromatic heterocycles. The quantitative estimate of drug-likeness (QED) is 0.475. The Balaban J connectivity index is 1.46. The summed E-state index contributed by atoms with van der Waals surface area (Å²) in [6, 6.07) is 6.01. The molecule has 1 heterocycles. The van der Waals surface area contributed by atoms with Crippen LogP contribution >= 0.6 is 0 Å². The monoisotopic (exact) mass is 327 g/mol. The van der Waals surface area contributed by atoms with E-state index in [4.69, 9.17) is 0 Å². The van der Waals surface area contributed by atoms with Gasteiger partial charge in [0, 0.05) is 37.2 Å². The van der Waals surface area contributed by atoms with Crippen LogP contribution in [0.3, 0.4) is 0 Å². The lowest BCUT2D eigenvalue weighted by Crippen LogP contribution is -2.25. The highest BCUT2D eigenvalue weighted by atomic mass is 16.6. The van der Waals surface area contributed by atoms with E-state index in [0.717, 1.165) is 24.2 Å². The van der Waals surface area contributed by atoms with E-state index >= 15 is 0 Å². The number of nitro benzene ring substituents is 1. The molecule has 0 unspecified atom stereocenters. The zero-order chi connectivity index (χ0) is 16.9. The van der Waals surface area contributed by atoms with Crippen molar-refractivity contribution in [2.45, 2.75) is 25.3 Å². The SMILES string of the molecule is O=C(C=Cc1ccc([N+](=O)[O-])cc1)NCCn1cnnc1C1CC1. The number of nitrogens with one attached hydrogen (secondary N) is 1. The lowest BCUT2D eigenvalue weighted by molar-refractivity contribution is -0.384. The summed E-state index contributed by atoms with van der Waals surface area (Å²) in [5, 5.41) is 21.4. The van der Waals surface area contributed by atoms with Crippen molar-refractivity contribution in [3.05, 3.63) is 58.2 Å². The Hall–Kier alpha value is -3.03. The molecule has 1 amide bonds. The Morgan fingerprint density at radius 3 is 2.79 bits per heavy atom. The van der Waals surface area contributed by atoms with Gasteiger partial charge < -0.3 is 9.88 Å². The van der Waals surface area contributed by atoms with Crippen LogP contribution in [0.1, 0.15) is 30.1 Å². The zero-order valence-electron chi connectivity index (χ0n) is 13.0. The van der Waals surface area contributed by atoms with Crippen LogP contribution in [0.4, 0.5) is 5.69 Å². The molecule has 1 N–H and O–H groups in total. The summed E-state index contributed by atoms with van der Waals surface area (Å²) < 4.78 is 1.97. The van der Waals surface area contributed by atoms with E-state index < -0.39 is 4.92 Å². The summed E-state index contributed by atoms with van der Waals surface area (Å²) in [5.74, 6) is 1.30. The molecule has 1 aliphatic carbocycles. The van der Waals surface area contributed by atoms with Crippen LogP contribution in [-0.2, 0) is 11.3 Å². The lowest BCUT2D eigenvalue weighted by Gasteiger charge is -2.06. The van der Waals surface area contributed by atoms with Gasteiger partial charge in [-0.25, -0.2) is 0 Å². The van der Waals surface area contributed by atoms with E-state index in [1.54, 1.807) is 24.5 Å². The van der Waals surface area contributed by atoms with E-state index in [9.17, 15) is 14.9 Å². The Labute approximate surface area is 138 Å². The molecule has 0 bridgehead atoms. The summed E-state index contributed by atoms with van der Waals surface area (Å²) in [5.41, 5.74) is 0.752. The van der Waals surface area contributed by atoms with Crippen molar-refractivity contribution < 1.29 is 9.72 Å². The predicted octanol–water partition coefficient (Wildman–Crippen LogP) is 1.89. The smallest absolute Gasteiger partial charge is 0.269 e. The first kappa shape index (κ1) is 15.9. The van der Waals surface area contributed by atoms with Crippen LogP contribution in [0, 0.1) is 10.1 Å². The number of aromatic nitrogens is 3. The fourth-order valence-corrected chi connectivity index (χ4v) is 2.33. The van der Waals surface area contributed by atoms with Crippen LogP contribution in [0.2, 0.25) is 0 Å². The molecular weight excluding hydrogens is 310 g/mol. The van der Waals surface area contributed by atoms with Crippen molar-refractivity contribution >= 4 is 17.7 Å². The van der Waals surface area contributed by atoms with Gasteiger partial charge in [0.2, 0.25) is 5.91 Å². The molecule has 24 heavy (non-hydrogen) atoms. The Kier molecular flexibility index (Phi) is 4.64. The topological polar surface area (TPSA) is 103 Å². The van der Waals surface area contributed by atoms with Gasteiger partial charge in [0.1, 0.15) is 12.2 Å². The first-order chi connectivity index (χ1) is 11.6. The molecule has 1 aromatic carbocycles. The van der Waals surface area contributed by atoms with Crippen LogP contribution < -0.4 is 5.32 Å². The van der Waals surface area contributed by atoms with Gasteiger partial charge in [0.05, 0.1) is 4.92 Å². The van der Waals surface area contributed by atoms with Crippen molar-refractivity contribution in [3.8, 4) is 0 Å². The van der Waals surface area contributed by atoms with Crippen LogP contribution in [0.15, 0.2) is 36.7 Å². The van der Waals surface area contributed by atoms with Crippen molar-refractivity contribution in [1.82, 2.24) is 20.1 Å². The molecule has 2 aromatic rings. The second-order valence-electron chi connectivity index (χ2n) is 5.63. The van der Waals surface area contributed by atoms with Gasteiger partial charge in [-0.2, -0.15) is 0 Å². The number of benzene rings is 1. The van der Waals surface area contributed by atoms with Crippen molar-refractivity contribution in [1.29, 1.82) is 0 Å². The second kappa shape index (κ2) is 7.03. The standard InChI is InChI=1S/C16H17N5O3/c22-15(8-3-12-1-6-14(7-2-12)21(23)24)17-9-10-20-11-18-19-16(20)13-4-5-13/h1-3,6-8,11,13H,4-5,9-10H2,(H,17,22). The summed E-state index contributed by atoms with van der Waals surface area (Å²) in [7, 11) is 0. The van der Waals surface area contributed by atoms with Crippen LogP contribution in [0.25, 0.3) is 6.08 Å². The highest BCUT2D eigenvalue weighted by Crippen LogP contribution is 2.38. The highest BCUT2D eigenvalue weighted by Gasteiger charge is 2.28. The number of nitrogens with zero attached hydrogens (tertiary/aromatic N) is 4. The second-order valence-corrected chi connectivity index (χ2v) is 5.63. The number of carbonyl (C=O) groups excluding carboxylic acids is 1. The predicted molar refractivity (Wildman–Crippen MR) is 87.1 cm³/mol. The van der Waals surface area contributed by atoms with Gasteiger partial charge in [-0.1, -0.05) is 0 Å². The minimum Gasteiger partial charge on any atom is -0.351 e. The number of amides is 1. The molecule has 8 nitrogen and oxygen atoms in total. The molecule has 1 saturated carbocycles. The molecule has 0 spiro atoms. The minimum atomic E-state index is -0.457. The number of rotatable bonds is 7. The number of non-ortho nitro benzene ring substituents is 1. The molecule has 0 aliphatic heterocycles. The molecule has 0 saturated heterocycles. The largest absolute Gasteiger partial charge is 0.351 e. The first-order valence-electron chi connectivity index (χ1n) is 7.71. The summed E-state index contributed by atoms with van der Waals surface area (Å²) >= 11 is 0.